The van der Waals surface area contributed by atoms with Crippen molar-refractivity contribution < 1.29 is 46.7 Å². The van der Waals surface area contributed by atoms with Crippen molar-refractivity contribution in [2.75, 3.05) is 33.0 Å². The van der Waals surface area contributed by atoms with Gasteiger partial charge < -0.3 is 37.9 Å². The van der Waals surface area contributed by atoms with Crippen molar-refractivity contribution in [3.8, 4) is 23.0 Å². The van der Waals surface area contributed by atoms with Crippen LogP contribution in [-0.2, 0) is 50.6 Å². The van der Waals surface area contributed by atoms with E-state index in [4.69, 9.17) is 37.9 Å². The van der Waals surface area contributed by atoms with Gasteiger partial charge in [-0.2, -0.15) is 8.78 Å². The number of benzene rings is 6. The molecule has 3 aliphatic heterocycles. The minimum absolute atomic E-state index is 0.0860. The number of rotatable bonds is 23. The van der Waals surface area contributed by atoms with Crippen molar-refractivity contribution >= 4 is 21.5 Å². The molecule has 0 spiro atoms. The standard InChI is InChI=1S/C59H68F2O8/c1-10-62-26-25-39-12-15-41-17-20-47(30-43(41)28-39)67-56(4,5)58(8,9)69-49-22-24-54(45(32-49)34-52-37-65-52)59(60,61)53-23-21-48(31-44(53)33-51-36-64-51)68-57(6,7)55(2,3)66-46-19-16-40-14-11-38(27-42(40)29-46)13-18-50-35-63-50/h11-12,14-17,19-24,27-32,50-52H,10,13,18,25-26,33-37H2,1-9H3. The first-order valence-corrected chi connectivity index (χ1v) is 24.7. The Bertz CT molecular complexity index is 2780. The van der Waals surface area contributed by atoms with Crippen LogP contribution in [0, 0.1) is 0 Å². The molecule has 3 atom stereocenters. The van der Waals surface area contributed by atoms with E-state index in [1.54, 1.807) is 24.3 Å². The molecule has 0 aliphatic carbocycles. The highest BCUT2D eigenvalue weighted by atomic mass is 19.3. The van der Waals surface area contributed by atoms with Gasteiger partial charge in [-0.15, -0.1) is 0 Å². The molecule has 0 amide bonds. The average Bonchev–Trinajstić information content (AvgIpc) is 4.14. The molecule has 3 heterocycles. The highest BCUT2D eigenvalue weighted by molar-refractivity contribution is 5.85. The Morgan fingerprint density at radius 2 is 0.841 bits per heavy atom. The summed E-state index contributed by atoms with van der Waals surface area (Å²) in [6, 6.07) is 35.0. The van der Waals surface area contributed by atoms with E-state index in [9.17, 15) is 0 Å². The number of aryl methyl sites for hydroxylation is 1. The number of ether oxygens (including phenoxy) is 8. The van der Waals surface area contributed by atoms with E-state index in [1.165, 1.54) is 23.3 Å². The molecule has 0 bridgehead atoms. The maximum atomic E-state index is 17.4. The average molecular weight is 943 g/mol. The second-order valence-electron chi connectivity index (χ2n) is 21.1. The Morgan fingerprint density at radius 3 is 1.25 bits per heavy atom. The summed E-state index contributed by atoms with van der Waals surface area (Å²) in [4.78, 5) is 0. The summed E-state index contributed by atoms with van der Waals surface area (Å²) in [7, 11) is 0. The number of alkyl halides is 2. The molecule has 3 saturated heterocycles. The van der Waals surface area contributed by atoms with Crippen LogP contribution >= 0.6 is 0 Å². The van der Waals surface area contributed by atoms with Crippen LogP contribution in [0.4, 0.5) is 8.78 Å². The molecule has 10 heteroatoms. The molecule has 6 aromatic carbocycles. The van der Waals surface area contributed by atoms with Crippen LogP contribution in [0.15, 0.2) is 109 Å². The predicted octanol–water partition coefficient (Wildman–Crippen LogP) is 13.0. The van der Waals surface area contributed by atoms with E-state index in [0.29, 0.717) is 73.7 Å². The van der Waals surface area contributed by atoms with Crippen molar-refractivity contribution in [2.24, 2.45) is 0 Å². The highest BCUT2D eigenvalue weighted by Crippen LogP contribution is 2.45. The number of hydrogen-bond donors (Lipinski definition) is 0. The molecule has 0 radical (unpaired) electrons. The lowest BCUT2D eigenvalue weighted by atomic mass is 9.87. The summed E-state index contributed by atoms with van der Waals surface area (Å²) in [5, 5.41) is 4.44. The van der Waals surface area contributed by atoms with Crippen molar-refractivity contribution in [3.05, 3.63) is 143 Å². The molecule has 3 fully saturated rings. The quantitative estimate of drug-likeness (QED) is 0.0464. The second-order valence-corrected chi connectivity index (χ2v) is 21.1. The normalized spacial score (nSPS) is 18.3. The molecule has 366 valence electrons. The second kappa shape index (κ2) is 19.2. The number of fused-ring (bicyclic) bond motifs is 2. The molecule has 9 rings (SSSR count). The van der Waals surface area contributed by atoms with Gasteiger partial charge in [0.05, 0.1) is 44.7 Å². The smallest absolute Gasteiger partial charge is 0.299 e. The van der Waals surface area contributed by atoms with Crippen LogP contribution in [0.25, 0.3) is 21.5 Å². The zero-order chi connectivity index (χ0) is 48.8. The van der Waals surface area contributed by atoms with Gasteiger partial charge in [0, 0.05) is 30.6 Å². The molecule has 0 saturated carbocycles. The fourth-order valence-electron chi connectivity index (χ4n) is 8.78. The van der Waals surface area contributed by atoms with E-state index in [-0.39, 0.29) is 23.3 Å². The first-order chi connectivity index (χ1) is 32.8. The lowest BCUT2D eigenvalue weighted by molar-refractivity contribution is -0.0732. The van der Waals surface area contributed by atoms with Gasteiger partial charge in [-0.1, -0.05) is 48.5 Å². The van der Waals surface area contributed by atoms with Crippen LogP contribution < -0.4 is 18.9 Å². The third kappa shape index (κ3) is 11.5. The van der Waals surface area contributed by atoms with Gasteiger partial charge in [0.15, 0.2) is 0 Å². The van der Waals surface area contributed by atoms with Gasteiger partial charge >= 0.3 is 0 Å². The van der Waals surface area contributed by atoms with Gasteiger partial charge in [-0.05, 0) is 186 Å². The topological polar surface area (TPSA) is 83.7 Å². The molecule has 3 unspecified atom stereocenters. The van der Waals surface area contributed by atoms with E-state index in [2.05, 4.69) is 60.7 Å². The number of epoxide rings is 3. The maximum Gasteiger partial charge on any atom is 0.299 e. The van der Waals surface area contributed by atoms with E-state index >= 15 is 8.78 Å². The van der Waals surface area contributed by atoms with Crippen molar-refractivity contribution in [1.29, 1.82) is 0 Å². The Hall–Kier alpha value is -5.26. The highest BCUT2D eigenvalue weighted by Gasteiger charge is 2.45. The summed E-state index contributed by atoms with van der Waals surface area (Å²) in [5.41, 5.74) is -0.189. The maximum absolute atomic E-state index is 17.4. The predicted molar refractivity (Wildman–Crippen MR) is 268 cm³/mol. The van der Waals surface area contributed by atoms with Gasteiger partial charge in [-0.25, -0.2) is 0 Å². The molecule has 8 nitrogen and oxygen atoms in total. The number of hydrogen-bond acceptors (Lipinski definition) is 8. The van der Waals surface area contributed by atoms with E-state index in [1.807, 2.05) is 74.4 Å². The third-order valence-electron chi connectivity index (χ3n) is 14.6. The first kappa shape index (κ1) is 48.8. The van der Waals surface area contributed by atoms with Crippen LogP contribution in [-0.4, -0.2) is 73.8 Å². The van der Waals surface area contributed by atoms with Crippen LogP contribution in [0.2, 0.25) is 0 Å². The molecular weight excluding hydrogens is 875 g/mol. The zero-order valence-electron chi connectivity index (χ0n) is 41.7. The monoisotopic (exact) mass is 942 g/mol. The SMILES string of the molecule is CCOCCc1ccc2ccc(OC(C)(C)C(C)(C)Oc3ccc(C(F)(F)c4ccc(OC(C)(C)C(C)(C)Oc5ccc6ccc(CCC7CO7)cc6c5)cc4CC4CO4)c(CC4CO4)c3)cc2c1. The lowest BCUT2D eigenvalue weighted by Gasteiger charge is -2.41. The fourth-order valence-corrected chi connectivity index (χ4v) is 8.78. The Labute approximate surface area is 406 Å². The molecule has 0 N–H and O–H groups in total. The fraction of sp³-hybridized carbons (Fsp3) is 0.458. The first-order valence-electron chi connectivity index (χ1n) is 24.7. The van der Waals surface area contributed by atoms with Gasteiger partial charge in [-0.3, -0.25) is 0 Å². The number of halogens is 2. The minimum Gasteiger partial charge on any atom is -0.484 e. The van der Waals surface area contributed by atoms with Crippen LogP contribution in [0.3, 0.4) is 0 Å². The van der Waals surface area contributed by atoms with E-state index < -0.39 is 28.3 Å². The summed E-state index contributed by atoms with van der Waals surface area (Å²) in [6.07, 6.45) is 3.58. The minimum atomic E-state index is -3.36. The Balaban J connectivity index is 0.922. The lowest BCUT2D eigenvalue weighted by Crippen LogP contribution is -2.53. The zero-order valence-corrected chi connectivity index (χ0v) is 41.7. The summed E-state index contributed by atoms with van der Waals surface area (Å²) >= 11 is 0. The van der Waals surface area contributed by atoms with Crippen molar-refractivity contribution in [2.45, 2.75) is 141 Å². The van der Waals surface area contributed by atoms with Gasteiger partial charge in [0.1, 0.15) is 45.4 Å². The van der Waals surface area contributed by atoms with E-state index in [0.717, 1.165) is 53.2 Å². The molecule has 3 aliphatic rings. The summed E-state index contributed by atoms with van der Waals surface area (Å²) in [6.45, 7) is 21.1. The van der Waals surface area contributed by atoms with Crippen molar-refractivity contribution in [3.63, 3.8) is 0 Å². The summed E-state index contributed by atoms with van der Waals surface area (Å²) < 4.78 is 83.7. The molecular formula is C59H68F2O8. The van der Waals surface area contributed by atoms with Crippen LogP contribution in [0.1, 0.15) is 102 Å². The molecule has 69 heavy (non-hydrogen) atoms. The largest absolute Gasteiger partial charge is 0.484 e. The molecule has 0 aromatic heterocycles. The van der Waals surface area contributed by atoms with Gasteiger partial charge in [0.25, 0.3) is 5.92 Å². The molecule has 6 aromatic rings. The van der Waals surface area contributed by atoms with Crippen LogP contribution in [0.5, 0.6) is 23.0 Å². The summed E-state index contributed by atoms with van der Waals surface area (Å²) in [5.74, 6) is -0.978. The van der Waals surface area contributed by atoms with Gasteiger partial charge in [0.2, 0.25) is 0 Å². The third-order valence-corrected chi connectivity index (χ3v) is 14.6. The Morgan fingerprint density at radius 1 is 0.464 bits per heavy atom. The van der Waals surface area contributed by atoms with Crippen molar-refractivity contribution in [1.82, 2.24) is 0 Å². The Kier molecular flexibility index (Phi) is 13.5.